The Labute approximate surface area is 77.5 Å². The molecule has 0 heterocycles. The highest BCUT2D eigenvalue weighted by Gasteiger charge is 2.39. The van der Waals surface area contributed by atoms with Crippen LogP contribution in [0.25, 0.3) is 0 Å². The number of nitriles is 1. The van der Waals surface area contributed by atoms with Gasteiger partial charge in [-0.05, 0) is 13.3 Å². The largest absolute Gasteiger partial charge is 0.463 e. The fourth-order valence-corrected chi connectivity index (χ4v) is 0.869. The van der Waals surface area contributed by atoms with Crippen LogP contribution < -0.4 is 0 Å². The first-order valence-electron chi connectivity index (χ1n) is 4.38. The van der Waals surface area contributed by atoms with Crippen molar-refractivity contribution in [3.63, 3.8) is 0 Å². The average molecular weight is 187 g/mol. The Morgan fingerprint density at radius 1 is 1.62 bits per heavy atom. The van der Waals surface area contributed by atoms with Gasteiger partial charge in [-0.25, -0.2) is 9.18 Å². The number of rotatable bonds is 5. The van der Waals surface area contributed by atoms with Gasteiger partial charge < -0.3 is 4.74 Å². The molecule has 0 bridgehead atoms. The molecule has 1 atom stereocenters. The van der Waals surface area contributed by atoms with Crippen LogP contribution in [0.1, 0.15) is 33.1 Å². The molecule has 1 unspecified atom stereocenters. The quantitative estimate of drug-likeness (QED) is 0.618. The van der Waals surface area contributed by atoms with E-state index in [4.69, 9.17) is 5.26 Å². The second-order valence-corrected chi connectivity index (χ2v) is 2.74. The van der Waals surface area contributed by atoms with Crippen molar-refractivity contribution in [3.05, 3.63) is 0 Å². The number of carbonyl (C=O) groups is 1. The Morgan fingerprint density at radius 3 is 2.62 bits per heavy atom. The predicted octanol–water partition coefficient (Wildman–Crippen LogP) is 1.97. The summed E-state index contributed by atoms with van der Waals surface area (Å²) in [5.74, 6) is -1.06. The summed E-state index contributed by atoms with van der Waals surface area (Å²) < 4.78 is 17.9. The van der Waals surface area contributed by atoms with E-state index in [-0.39, 0.29) is 13.0 Å². The van der Waals surface area contributed by atoms with Crippen molar-refractivity contribution in [2.45, 2.75) is 38.8 Å². The van der Waals surface area contributed by atoms with Crippen molar-refractivity contribution in [1.29, 1.82) is 5.26 Å². The van der Waals surface area contributed by atoms with Crippen LogP contribution in [0, 0.1) is 11.3 Å². The maximum atomic E-state index is 13.5. The van der Waals surface area contributed by atoms with E-state index >= 15 is 0 Å². The third-order valence-electron chi connectivity index (χ3n) is 1.65. The second kappa shape index (κ2) is 5.52. The lowest BCUT2D eigenvalue weighted by Gasteiger charge is -2.14. The smallest absolute Gasteiger partial charge is 0.358 e. The third-order valence-corrected chi connectivity index (χ3v) is 1.65. The van der Waals surface area contributed by atoms with Gasteiger partial charge >= 0.3 is 5.97 Å². The molecule has 0 aliphatic carbocycles. The number of alkyl halides is 1. The number of carbonyl (C=O) groups excluding carboxylic acids is 1. The summed E-state index contributed by atoms with van der Waals surface area (Å²) in [6, 6.07) is 1.36. The van der Waals surface area contributed by atoms with Crippen LogP contribution in [0.3, 0.4) is 0 Å². The van der Waals surface area contributed by atoms with Crippen molar-refractivity contribution in [2.75, 3.05) is 6.61 Å². The van der Waals surface area contributed by atoms with Crippen LogP contribution in [0.5, 0.6) is 0 Å². The number of unbranched alkanes of at least 4 members (excludes halogenated alkanes) is 1. The molecule has 0 aliphatic rings. The third kappa shape index (κ3) is 3.41. The van der Waals surface area contributed by atoms with Crippen LogP contribution in [0.2, 0.25) is 0 Å². The first kappa shape index (κ1) is 11.9. The summed E-state index contributed by atoms with van der Waals surface area (Å²) in [5.41, 5.74) is -2.45. The lowest BCUT2D eigenvalue weighted by atomic mass is 10.0. The average Bonchev–Trinajstić information content (AvgIpc) is 2.14. The molecule has 0 aromatic heterocycles. The predicted molar refractivity (Wildman–Crippen MR) is 45.6 cm³/mol. The molecule has 0 aromatic carbocycles. The van der Waals surface area contributed by atoms with Crippen molar-refractivity contribution in [1.82, 2.24) is 0 Å². The molecule has 0 saturated carbocycles. The van der Waals surface area contributed by atoms with E-state index in [0.29, 0.717) is 6.42 Å². The topological polar surface area (TPSA) is 50.1 Å². The van der Waals surface area contributed by atoms with Crippen LogP contribution in [0.4, 0.5) is 4.39 Å². The Bertz CT molecular complexity index is 212. The second-order valence-electron chi connectivity index (χ2n) is 2.74. The zero-order valence-corrected chi connectivity index (χ0v) is 7.97. The van der Waals surface area contributed by atoms with Gasteiger partial charge in [0.25, 0.3) is 5.67 Å². The lowest BCUT2D eigenvalue weighted by Crippen LogP contribution is -2.34. The van der Waals surface area contributed by atoms with Crippen molar-refractivity contribution in [3.8, 4) is 6.07 Å². The van der Waals surface area contributed by atoms with Gasteiger partial charge in [0.05, 0.1) is 6.61 Å². The van der Waals surface area contributed by atoms with Crippen LogP contribution in [0.15, 0.2) is 0 Å². The molecule has 0 rings (SSSR count). The Balaban J connectivity index is 4.27. The molecule has 0 radical (unpaired) electrons. The summed E-state index contributed by atoms with van der Waals surface area (Å²) in [6.07, 6.45) is 1.16. The van der Waals surface area contributed by atoms with Crippen LogP contribution >= 0.6 is 0 Å². The van der Waals surface area contributed by atoms with E-state index in [9.17, 15) is 9.18 Å². The first-order valence-corrected chi connectivity index (χ1v) is 4.38. The number of hydrogen-bond acceptors (Lipinski definition) is 3. The Morgan fingerprint density at radius 2 is 2.23 bits per heavy atom. The van der Waals surface area contributed by atoms with E-state index in [2.05, 4.69) is 4.74 Å². The number of hydrogen-bond donors (Lipinski definition) is 0. The normalized spacial score (nSPS) is 14.3. The maximum Gasteiger partial charge on any atom is 0.358 e. The van der Waals surface area contributed by atoms with Gasteiger partial charge in [0.15, 0.2) is 0 Å². The Hall–Kier alpha value is -1.11. The van der Waals surface area contributed by atoms with E-state index in [1.165, 1.54) is 6.07 Å². The Kier molecular flexibility index (Phi) is 5.05. The summed E-state index contributed by atoms with van der Waals surface area (Å²) in [7, 11) is 0. The summed E-state index contributed by atoms with van der Waals surface area (Å²) >= 11 is 0. The fourth-order valence-electron chi connectivity index (χ4n) is 0.869. The number of nitrogens with zero attached hydrogens (tertiary/aromatic N) is 1. The molecule has 0 aromatic rings. The number of esters is 1. The van der Waals surface area contributed by atoms with Gasteiger partial charge in [0.1, 0.15) is 6.07 Å². The lowest BCUT2D eigenvalue weighted by molar-refractivity contribution is -0.153. The van der Waals surface area contributed by atoms with E-state index in [1.807, 2.05) is 6.92 Å². The van der Waals surface area contributed by atoms with Crippen LogP contribution in [-0.4, -0.2) is 18.2 Å². The highest BCUT2D eigenvalue weighted by molar-refractivity contribution is 5.82. The molecule has 4 heteroatoms. The van der Waals surface area contributed by atoms with Crippen molar-refractivity contribution >= 4 is 5.97 Å². The van der Waals surface area contributed by atoms with Gasteiger partial charge in [-0.1, -0.05) is 13.3 Å². The molecular formula is C9H14FNO2. The fraction of sp³-hybridized carbons (Fsp3) is 0.778. The van der Waals surface area contributed by atoms with E-state index in [1.54, 1.807) is 6.92 Å². The SMILES string of the molecule is CCCCC(F)(C#N)C(=O)OCC. The van der Waals surface area contributed by atoms with Gasteiger partial charge in [-0.2, -0.15) is 5.26 Å². The highest BCUT2D eigenvalue weighted by atomic mass is 19.1. The summed E-state index contributed by atoms with van der Waals surface area (Å²) in [6.45, 7) is 3.54. The minimum atomic E-state index is -2.45. The molecular weight excluding hydrogens is 173 g/mol. The monoisotopic (exact) mass is 187 g/mol. The number of halogens is 1. The molecule has 0 N–H and O–H groups in total. The molecule has 0 amide bonds. The first-order chi connectivity index (χ1) is 6.10. The van der Waals surface area contributed by atoms with Gasteiger partial charge in [-0.15, -0.1) is 0 Å². The van der Waals surface area contributed by atoms with E-state index in [0.717, 1.165) is 6.42 Å². The zero-order valence-electron chi connectivity index (χ0n) is 7.97. The molecule has 3 nitrogen and oxygen atoms in total. The molecule has 0 fully saturated rings. The van der Waals surface area contributed by atoms with Crippen molar-refractivity contribution < 1.29 is 13.9 Å². The zero-order chi connectivity index (χ0) is 10.3. The number of ether oxygens (including phenoxy) is 1. The summed E-state index contributed by atoms with van der Waals surface area (Å²) in [5, 5.41) is 8.48. The minimum Gasteiger partial charge on any atom is -0.463 e. The van der Waals surface area contributed by atoms with Gasteiger partial charge in [0, 0.05) is 6.42 Å². The van der Waals surface area contributed by atoms with Crippen molar-refractivity contribution in [2.24, 2.45) is 0 Å². The maximum absolute atomic E-state index is 13.5. The molecule has 74 valence electrons. The summed E-state index contributed by atoms with van der Waals surface area (Å²) in [4.78, 5) is 11.0. The highest BCUT2D eigenvalue weighted by Crippen LogP contribution is 2.20. The van der Waals surface area contributed by atoms with E-state index < -0.39 is 11.6 Å². The minimum absolute atomic E-state index is 0.0845. The van der Waals surface area contributed by atoms with Crippen LogP contribution in [-0.2, 0) is 9.53 Å². The standard InChI is InChI=1S/C9H14FNO2/c1-3-5-6-9(10,7-11)8(12)13-4-2/h3-6H2,1-2H3. The molecule has 13 heavy (non-hydrogen) atoms. The van der Waals surface area contributed by atoms with Gasteiger partial charge in [-0.3, -0.25) is 0 Å². The van der Waals surface area contributed by atoms with Gasteiger partial charge in [0.2, 0.25) is 0 Å². The molecule has 0 aliphatic heterocycles. The molecule has 0 spiro atoms. The molecule has 0 saturated heterocycles.